The van der Waals surface area contributed by atoms with E-state index < -0.39 is 0 Å². The second-order valence-electron chi connectivity index (χ2n) is 5.84. The molecule has 0 spiro atoms. The Balaban J connectivity index is 0.00000109. The van der Waals surface area contributed by atoms with Gasteiger partial charge in [-0.2, -0.15) is 4.98 Å². The summed E-state index contributed by atoms with van der Waals surface area (Å²) in [7, 11) is 0. The molecule has 1 aromatic carbocycles. The summed E-state index contributed by atoms with van der Waals surface area (Å²) < 4.78 is 1.17. The van der Waals surface area contributed by atoms with Gasteiger partial charge in [0.15, 0.2) is 0 Å². The number of benzene rings is 1. The van der Waals surface area contributed by atoms with Gasteiger partial charge in [0.05, 0.1) is 20.2 Å². The van der Waals surface area contributed by atoms with Gasteiger partial charge in [-0.3, -0.25) is 0 Å². The lowest BCUT2D eigenvalue weighted by molar-refractivity contribution is -0.327. The molecule has 0 aliphatic heterocycles. The lowest BCUT2D eigenvalue weighted by atomic mass is 10.0. The fraction of sp³-hybridized carbons (Fsp3) is 0.227. The van der Waals surface area contributed by atoms with E-state index in [9.17, 15) is 0 Å². The summed E-state index contributed by atoms with van der Waals surface area (Å²) >= 11 is 11.1. The topological polar surface area (TPSA) is 40.2 Å². The van der Waals surface area contributed by atoms with Crippen molar-refractivity contribution >= 4 is 61.9 Å². The van der Waals surface area contributed by atoms with Crippen molar-refractivity contribution in [3.05, 3.63) is 53.9 Å². The molecule has 3 heterocycles. The van der Waals surface area contributed by atoms with Gasteiger partial charge >= 0.3 is 0 Å². The monoisotopic (exact) mass is 447 g/mol. The van der Waals surface area contributed by atoms with Crippen LogP contribution < -0.4 is 10.7 Å². The van der Waals surface area contributed by atoms with E-state index in [1.54, 1.807) is 34.4 Å². The summed E-state index contributed by atoms with van der Waals surface area (Å²) in [5.41, 5.74) is 10.9. The van der Waals surface area contributed by atoms with Crippen molar-refractivity contribution in [1.82, 2.24) is 0 Å². The first-order valence-corrected chi connectivity index (χ1v) is 12.6. The van der Waals surface area contributed by atoms with E-state index >= 15 is 0 Å². The number of aromatic nitrogens is 1. The molecule has 0 radical (unpaired) electrons. The molecule has 0 aliphatic carbocycles. The lowest BCUT2D eigenvalue weighted by Gasteiger charge is -2.04. The third-order valence-electron chi connectivity index (χ3n) is 4.10. The molecule has 4 rings (SSSR count). The number of thioether (sulfide) groups is 1. The van der Waals surface area contributed by atoms with Gasteiger partial charge in [0.2, 0.25) is 5.69 Å². The Hall–Kier alpha value is -1.53. The van der Waals surface area contributed by atoms with Gasteiger partial charge < -0.3 is 5.73 Å². The first-order valence-electron chi connectivity index (χ1n) is 9.34. The molecule has 0 atom stereocenters. The van der Waals surface area contributed by atoms with Crippen LogP contribution >= 0.6 is 46.0 Å². The minimum Gasteiger partial charge on any atom is -0.396 e. The summed E-state index contributed by atoms with van der Waals surface area (Å²) in [6.07, 6.45) is 0.982. The maximum Gasteiger partial charge on any atom is 0.271 e. The minimum atomic E-state index is 0.682. The van der Waals surface area contributed by atoms with Crippen LogP contribution in [-0.2, 0) is 0 Å². The number of nitrogens with two attached hydrogens (primary N) is 1. The smallest absolute Gasteiger partial charge is 0.271 e. The number of pyridine rings is 1. The molecule has 3 N–H and O–H groups in total. The molecular formula is C22H24ClN2S3+. The van der Waals surface area contributed by atoms with Gasteiger partial charge in [0, 0.05) is 17.5 Å². The first kappa shape index (κ1) is 21.2. The van der Waals surface area contributed by atoms with Crippen LogP contribution in [0.1, 0.15) is 20.3 Å². The van der Waals surface area contributed by atoms with Crippen molar-refractivity contribution < 1.29 is 4.98 Å². The van der Waals surface area contributed by atoms with Gasteiger partial charge in [0.25, 0.3) is 4.83 Å². The second kappa shape index (κ2) is 10.3. The van der Waals surface area contributed by atoms with E-state index in [-0.39, 0.29) is 0 Å². The second-order valence-corrected chi connectivity index (χ2v) is 9.55. The Morgan fingerprint density at radius 2 is 1.89 bits per heavy atom. The molecule has 0 unspecified atom stereocenters. The van der Waals surface area contributed by atoms with E-state index in [1.807, 2.05) is 19.9 Å². The number of nitrogens with one attached hydrogen (secondary N) is 1. The fourth-order valence-corrected chi connectivity index (χ4v) is 6.23. The molecule has 4 aromatic rings. The van der Waals surface area contributed by atoms with Gasteiger partial charge in [0.1, 0.15) is 0 Å². The zero-order valence-electron chi connectivity index (χ0n) is 16.0. The zero-order chi connectivity index (χ0) is 19.9. The van der Waals surface area contributed by atoms with Crippen molar-refractivity contribution in [1.29, 1.82) is 0 Å². The van der Waals surface area contributed by atoms with Crippen LogP contribution in [0.4, 0.5) is 5.69 Å². The molecule has 3 aromatic heterocycles. The highest BCUT2D eigenvalue weighted by molar-refractivity contribution is 8.01. The van der Waals surface area contributed by atoms with Crippen LogP contribution in [0.5, 0.6) is 0 Å². The Labute approximate surface area is 183 Å². The van der Waals surface area contributed by atoms with Crippen LogP contribution in [0.15, 0.2) is 58.1 Å². The molecule has 0 saturated carbocycles. The maximum absolute atomic E-state index is 6.57. The molecule has 0 amide bonds. The predicted octanol–water partition coefficient (Wildman–Crippen LogP) is 7.44. The third kappa shape index (κ3) is 4.54. The molecule has 28 heavy (non-hydrogen) atoms. The SMILES string of the molecule is CC.Nc1c(SCCCCl)sc2[nH+]c(-c3cccs3)cc(-c3ccccc3)c12. The third-order valence-corrected chi connectivity index (χ3v) is 7.76. The summed E-state index contributed by atoms with van der Waals surface area (Å²) in [6, 6.07) is 16.9. The Bertz CT molecular complexity index is 1010. The highest BCUT2D eigenvalue weighted by atomic mass is 35.5. The van der Waals surface area contributed by atoms with Crippen LogP contribution in [0.2, 0.25) is 0 Å². The summed E-state index contributed by atoms with van der Waals surface area (Å²) in [5, 5.41) is 3.22. The summed E-state index contributed by atoms with van der Waals surface area (Å²) in [4.78, 5) is 5.96. The van der Waals surface area contributed by atoms with Crippen molar-refractivity contribution in [2.75, 3.05) is 17.4 Å². The van der Waals surface area contributed by atoms with Crippen LogP contribution in [0.3, 0.4) is 0 Å². The summed E-state index contributed by atoms with van der Waals surface area (Å²) in [6.45, 7) is 4.00. The lowest BCUT2D eigenvalue weighted by Crippen LogP contribution is -2.06. The van der Waals surface area contributed by atoms with E-state index in [1.165, 1.54) is 20.2 Å². The number of anilines is 1. The Kier molecular flexibility index (Phi) is 7.80. The number of aromatic amines is 1. The number of hydrogen-bond donors (Lipinski definition) is 1. The average molecular weight is 448 g/mol. The molecule has 2 nitrogen and oxygen atoms in total. The molecule has 0 saturated heterocycles. The van der Waals surface area contributed by atoms with Crippen molar-refractivity contribution in [3.8, 4) is 21.7 Å². The molecule has 6 heteroatoms. The molecular weight excluding hydrogens is 424 g/mol. The number of thiophene rings is 2. The summed E-state index contributed by atoms with van der Waals surface area (Å²) in [5.74, 6) is 1.67. The van der Waals surface area contributed by atoms with Crippen molar-refractivity contribution in [3.63, 3.8) is 0 Å². The number of halogens is 1. The zero-order valence-corrected chi connectivity index (χ0v) is 19.2. The Morgan fingerprint density at radius 3 is 2.57 bits per heavy atom. The van der Waals surface area contributed by atoms with Crippen LogP contribution in [0, 0.1) is 0 Å². The first-order chi connectivity index (χ1) is 13.8. The molecule has 0 bridgehead atoms. The predicted molar refractivity (Wildman–Crippen MR) is 129 cm³/mol. The van der Waals surface area contributed by atoms with Gasteiger partial charge in [-0.25, -0.2) is 0 Å². The molecule has 0 fully saturated rings. The van der Waals surface area contributed by atoms with Gasteiger partial charge in [-0.15, -0.1) is 34.7 Å². The fourth-order valence-electron chi connectivity index (χ4n) is 2.89. The highest BCUT2D eigenvalue weighted by Gasteiger charge is 2.22. The van der Waals surface area contributed by atoms with E-state index in [4.69, 9.17) is 17.3 Å². The van der Waals surface area contributed by atoms with E-state index in [0.29, 0.717) is 5.88 Å². The Morgan fingerprint density at radius 1 is 1.11 bits per heavy atom. The largest absolute Gasteiger partial charge is 0.396 e. The molecule has 146 valence electrons. The number of alkyl halides is 1. The number of nitrogen functional groups attached to an aromatic ring is 1. The number of fused-ring (bicyclic) bond motifs is 1. The number of rotatable bonds is 6. The van der Waals surface area contributed by atoms with Crippen LogP contribution in [0.25, 0.3) is 31.9 Å². The minimum absolute atomic E-state index is 0.682. The van der Waals surface area contributed by atoms with Crippen molar-refractivity contribution in [2.45, 2.75) is 24.5 Å². The highest BCUT2D eigenvalue weighted by Crippen LogP contribution is 2.44. The standard InChI is InChI=1S/C20H17ClN2S3.C2H6/c21-9-5-11-25-20-18(22)17-14(13-6-2-1-3-7-13)12-15(23-19(17)26-20)16-8-4-10-24-16;1-2/h1-4,6-8,10,12H,5,9,11,22H2;1-2H3/p+1. The molecule has 0 aliphatic rings. The van der Waals surface area contributed by atoms with E-state index in [2.05, 4.69) is 52.8 Å². The van der Waals surface area contributed by atoms with Crippen molar-refractivity contribution in [2.24, 2.45) is 0 Å². The quantitative estimate of drug-likeness (QED) is 0.189. The van der Waals surface area contributed by atoms with Gasteiger partial charge in [-0.1, -0.05) is 61.6 Å². The number of hydrogen-bond acceptors (Lipinski definition) is 4. The van der Waals surface area contributed by atoms with E-state index in [0.717, 1.165) is 33.8 Å². The maximum atomic E-state index is 6.57. The van der Waals surface area contributed by atoms with Gasteiger partial charge in [-0.05, 0) is 29.2 Å². The normalized spacial score (nSPS) is 10.7. The number of H-pyrrole nitrogens is 1. The van der Waals surface area contributed by atoms with Crippen LogP contribution in [-0.4, -0.2) is 11.6 Å². The average Bonchev–Trinajstić information content (AvgIpc) is 3.39.